The second-order valence-corrected chi connectivity index (χ2v) is 11.6. The molecule has 4 rings (SSSR count). The van der Waals surface area contributed by atoms with Crippen LogP contribution in [0.4, 0.5) is 8.78 Å². The van der Waals surface area contributed by atoms with Gasteiger partial charge >= 0.3 is 0 Å². The van der Waals surface area contributed by atoms with Gasteiger partial charge in [-0.25, -0.2) is 4.39 Å². The molecule has 3 aliphatic rings. The highest BCUT2D eigenvalue weighted by molar-refractivity contribution is 5.31. The quantitative estimate of drug-likeness (QED) is 0.325. The zero-order chi connectivity index (χ0) is 23.9. The van der Waals surface area contributed by atoms with Gasteiger partial charge in [-0.15, -0.1) is 0 Å². The second-order valence-electron chi connectivity index (χ2n) is 11.6. The van der Waals surface area contributed by atoms with Crippen molar-refractivity contribution in [3.05, 3.63) is 41.5 Å². The van der Waals surface area contributed by atoms with Gasteiger partial charge in [0.05, 0.1) is 6.61 Å². The first kappa shape index (κ1) is 25.7. The Kier molecular flexibility index (Phi) is 9.48. The van der Waals surface area contributed by atoms with Crippen molar-refractivity contribution in [1.82, 2.24) is 0 Å². The molecule has 0 spiro atoms. The molecule has 1 nitrogen and oxygen atoms in total. The molecule has 3 saturated carbocycles. The number of fused-ring (bicyclic) bond motifs is 1. The molecule has 1 aromatic carbocycles. The lowest BCUT2D eigenvalue weighted by atomic mass is 9.60. The first-order valence-electron chi connectivity index (χ1n) is 14.3. The number of halogens is 2. The zero-order valence-corrected chi connectivity index (χ0v) is 21.5. The van der Waals surface area contributed by atoms with Crippen molar-refractivity contribution in [2.24, 2.45) is 35.5 Å². The molecule has 34 heavy (non-hydrogen) atoms. The summed E-state index contributed by atoms with van der Waals surface area (Å²) in [6.07, 6.45) is 21.7. The Balaban J connectivity index is 1.20. The molecule has 4 atom stereocenters. The Labute approximate surface area is 206 Å². The van der Waals surface area contributed by atoms with Crippen molar-refractivity contribution >= 4 is 0 Å². The van der Waals surface area contributed by atoms with Crippen molar-refractivity contribution in [2.75, 3.05) is 6.61 Å². The van der Waals surface area contributed by atoms with Gasteiger partial charge in [-0.3, -0.25) is 0 Å². The van der Waals surface area contributed by atoms with Crippen LogP contribution in [0.25, 0.3) is 0 Å². The van der Waals surface area contributed by atoms with Gasteiger partial charge in [0, 0.05) is 0 Å². The smallest absolute Gasteiger partial charge is 0.200 e. The highest BCUT2D eigenvalue weighted by Crippen LogP contribution is 2.49. The predicted octanol–water partition coefficient (Wildman–Crippen LogP) is 9.29. The summed E-state index contributed by atoms with van der Waals surface area (Å²) in [4.78, 5) is 0. The molecule has 4 unspecified atom stereocenters. The molecule has 0 saturated heterocycles. The van der Waals surface area contributed by atoms with Crippen LogP contribution >= 0.6 is 0 Å². The Bertz CT molecular complexity index is 795. The van der Waals surface area contributed by atoms with Gasteiger partial charge in [-0.05, 0) is 125 Å². The van der Waals surface area contributed by atoms with Gasteiger partial charge in [-0.2, -0.15) is 4.39 Å². The van der Waals surface area contributed by atoms with Gasteiger partial charge in [0.25, 0.3) is 0 Å². The Morgan fingerprint density at radius 2 is 1.47 bits per heavy atom. The first-order chi connectivity index (χ1) is 16.6. The van der Waals surface area contributed by atoms with E-state index in [1.54, 1.807) is 12.1 Å². The van der Waals surface area contributed by atoms with Crippen molar-refractivity contribution in [3.8, 4) is 5.75 Å². The SMILES string of the molecule is C/C=C/CCc1ccc(OCC2CCC(C3CCC4CC(CCC)CCC4C3)CC2)c(F)c1F. The minimum atomic E-state index is -0.822. The van der Waals surface area contributed by atoms with E-state index in [0.29, 0.717) is 24.5 Å². The first-order valence-corrected chi connectivity index (χ1v) is 14.3. The number of allylic oxidation sites excluding steroid dienone is 2. The molecule has 3 fully saturated rings. The van der Waals surface area contributed by atoms with Gasteiger partial charge in [0.15, 0.2) is 11.6 Å². The van der Waals surface area contributed by atoms with Gasteiger partial charge < -0.3 is 4.74 Å². The fourth-order valence-corrected chi connectivity index (χ4v) is 7.44. The fourth-order valence-electron chi connectivity index (χ4n) is 7.44. The van der Waals surface area contributed by atoms with Crippen LogP contribution in [0.2, 0.25) is 0 Å². The topological polar surface area (TPSA) is 9.23 Å². The maximum absolute atomic E-state index is 14.5. The van der Waals surface area contributed by atoms with E-state index in [4.69, 9.17) is 4.74 Å². The summed E-state index contributed by atoms with van der Waals surface area (Å²) >= 11 is 0. The van der Waals surface area contributed by atoms with Crippen LogP contribution in [0.15, 0.2) is 24.3 Å². The lowest BCUT2D eigenvalue weighted by Crippen LogP contribution is -2.35. The van der Waals surface area contributed by atoms with E-state index in [2.05, 4.69) is 6.92 Å². The average Bonchev–Trinajstić information content (AvgIpc) is 2.86. The number of rotatable bonds is 9. The standard InChI is InChI=1S/C31H46F2O/c1-3-5-6-8-25-17-18-29(31(33)30(25)32)34-21-23-10-12-24(13-11-23)27-16-15-26-19-22(7-4-2)9-14-28(26)20-27/h3,5,17-18,22-24,26-28H,4,6-16,19-21H2,1-2H3/b5-3+. The Hall–Kier alpha value is -1.38. The van der Waals surface area contributed by atoms with Gasteiger partial charge in [0.1, 0.15) is 0 Å². The fraction of sp³-hybridized carbons (Fsp3) is 0.742. The zero-order valence-electron chi connectivity index (χ0n) is 21.5. The normalized spacial score (nSPS) is 32.0. The summed E-state index contributed by atoms with van der Waals surface area (Å²) in [6.45, 7) is 4.78. The summed E-state index contributed by atoms with van der Waals surface area (Å²) in [7, 11) is 0. The molecule has 3 heteroatoms. The monoisotopic (exact) mass is 472 g/mol. The molecule has 0 aromatic heterocycles. The molecule has 190 valence electrons. The van der Waals surface area contributed by atoms with E-state index < -0.39 is 11.6 Å². The number of aryl methyl sites for hydroxylation is 1. The van der Waals surface area contributed by atoms with Crippen LogP contribution in [-0.2, 0) is 6.42 Å². The van der Waals surface area contributed by atoms with E-state index in [0.717, 1.165) is 36.0 Å². The van der Waals surface area contributed by atoms with E-state index in [9.17, 15) is 8.78 Å². The third-order valence-electron chi connectivity index (χ3n) is 9.43. The molecule has 0 radical (unpaired) electrons. The summed E-state index contributed by atoms with van der Waals surface area (Å²) in [5.41, 5.74) is 0.428. The van der Waals surface area contributed by atoms with Crippen LogP contribution in [0.5, 0.6) is 5.75 Å². The summed E-state index contributed by atoms with van der Waals surface area (Å²) < 4.78 is 34.7. The molecule has 3 aliphatic carbocycles. The highest BCUT2D eigenvalue weighted by atomic mass is 19.2. The number of hydrogen-bond acceptors (Lipinski definition) is 1. The second kappa shape index (κ2) is 12.5. The van der Waals surface area contributed by atoms with Crippen molar-refractivity contribution in [1.29, 1.82) is 0 Å². The van der Waals surface area contributed by atoms with Crippen LogP contribution in [0.1, 0.15) is 103 Å². The Morgan fingerprint density at radius 1 is 0.824 bits per heavy atom. The summed E-state index contributed by atoms with van der Waals surface area (Å²) in [5, 5.41) is 0. The Morgan fingerprint density at radius 3 is 2.21 bits per heavy atom. The number of ether oxygens (including phenoxy) is 1. The molecular formula is C31H46F2O. The molecular weight excluding hydrogens is 426 g/mol. The van der Waals surface area contributed by atoms with Crippen LogP contribution in [0.3, 0.4) is 0 Å². The van der Waals surface area contributed by atoms with E-state index in [1.165, 1.54) is 77.0 Å². The molecule has 0 bridgehead atoms. The van der Waals surface area contributed by atoms with Crippen molar-refractivity contribution in [2.45, 2.75) is 104 Å². The molecule has 1 aromatic rings. The molecule has 0 amide bonds. The minimum Gasteiger partial charge on any atom is -0.490 e. The molecule has 0 heterocycles. The largest absolute Gasteiger partial charge is 0.490 e. The summed E-state index contributed by atoms with van der Waals surface area (Å²) in [6, 6.07) is 3.29. The number of benzene rings is 1. The van der Waals surface area contributed by atoms with Crippen LogP contribution in [-0.4, -0.2) is 6.61 Å². The van der Waals surface area contributed by atoms with Gasteiger partial charge in [-0.1, -0.05) is 44.4 Å². The van der Waals surface area contributed by atoms with Gasteiger partial charge in [0.2, 0.25) is 5.82 Å². The molecule has 0 N–H and O–H groups in total. The van der Waals surface area contributed by atoms with Crippen LogP contribution < -0.4 is 4.74 Å². The lowest BCUT2D eigenvalue weighted by Gasteiger charge is -2.45. The summed E-state index contributed by atoms with van der Waals surface area (Å²) in [5.74, 6) is 3.78. The van der Waals surface area contributed by atoms with Crippen molar-refractivity contribution < 1.29 is 13.5 Å². The van der Waals surface area contributed by atoms with E-state index >= 15 is 0 Å². The third kappa shape index (κ3) is 6.43. The van der Waals surface area contributed by atoms with Crippen LogP contribution in [0, 0.1) is 47.1 Å². The highest BCUT2D eigenvalue weighted by Gasteiger charge is 2.38. The lowest BCUT2D eigenvalue weighted by molar-refractivity contribution is 0.0544. The number of hydrogen-bond donors (Lipinski definition) is 0. The maximum atomic E-state index is 14.5. The van der Waals surface area contributed by atoms with E-state index in [1.807, 2.05) is 19.1 Å². The van der Waals surface area contributed by atoms with Crippen molar-refractivity contribution in [3.63, 3.8) is 0 Å². The van der Waals surface area contributed by atoms with E-state index in [-0.39, 0.29) is 5.75 Å². The third-order valence-corrected chi connectivity index (χ3v) is 9.43. The maximum Gasteiger partial charge on any atom is 0.200 e. The molecule has 0 aliphatic heterocycles. The average molecular weight is 473 g/mol. The predicted molar refractivity (Wildman–Crippen MR) is 137 cm³/mol. The minimum absolute atomic E-state index is 0.0754.